The predicted octanol–water partition coefficient (Wildman–Crippen LogP) is 3.41. The zero-order valence-corrected chi connectivity index (χ0v) is 14.9. The van der Waals surface area contributed by atoms with Gasteiger partial charge in [-0.15, -0.1) is 0 Å². The number of ether oxygens (including phenoxy) is 1. The largest absolute Gasteiger partial charge is 0.461 e. The fourth-order valence-electron chi connectivity index (χ4n) is 1.82. The summed E-state index contributed by atoms with van der Waals surface area (Å²) in [6.45, 7) is 0.0470. The van der Waals surface area contributed by atoms with Crippen LogP contribution in [0.5, 0.6) is 0 Å². The molecule has 0 saturated carbocycles. The van der Waals surface area contributed by atoms with Gasteiger partial charge in [-0.3, -0.25) is 4.79 Å². The number of hydrogen-bond donors (Lipinski definition) is 1. The van der Waals surface area contributed by atoms with Gasteiger partial charge in [-0.2, -0.15) is 0 Å². The molecule has 0 unspecified atom stereocenters. The van der Waals surface area contributed by atoms with Crippen molar-refractivity contribution in [3.8, 4) is 0 Å². The molecule has 0 fully saturated rings. The summed E-state index contributed by atoms with van der Waals surface area (Å²) in [4.78, 5) is 11.7. The molecule has 0 atom stereocenters. The van der Waals surface area contributed by atoms with Crippen LogP contribution in [0.4, 0.5) is 0 Å². The van der Waals surface area contributed by atoms with Gasteiger partial charge in [-0.1, -0.05) is 41.4 Å². The zero-order chi connectivity index (χ0) is 17.6. The smallest absolute Gasteiger partial charge is 0.307 e. The van der Waals surface area contributed by atoms with Crippen LogP contribution in [0.15, 0.2) is 53.4 Å². The first kappa shape index (κ1) is 18.7. The molecule has 1 N–H and O–H groups in total. The Balaban J connectivity index is 1.78. The quantitative estimate of drug-likeness (QED) is 0.738. The third-order valence-electron chi connectivity index (χ3n) is 3.04. The summed E-state index contributed by atoms with van der Waals surface area (Å²) in [7, 11) is -3.71. The Kier molecular flexibility index (Phi) is 6.62. The number of esters is 1. The molecule has 2 aromatic carbocycles. The van der Waals surface area contributed by atoms with Gasteiger partial charge in [0, 0.05) is 16.6 Å². The number of rotatable bonds is 7. The van der Waals surface area contributed by atoms with E-state index in [2.05, 4.69) is 4.72 Å². The molecular formula is C16H15Cl2NO4S. The first-order valence-corrected chi connectivity index (χ1v) is 9.26. The van der Waals surface area contributed by atoms with E-state index in [1.807, 2.05) is 0 Å². The number of sulfonamides is 1. The number of halogens is 2. The molecule has 0 aliphatic rings. The number of benzene rings is 2. The van der Waals surface area contributed by atoms with Gasteiger partial charge in [-0.05, 0) is 35.9 Å². The minimum atomic E-state index is -3.71. The first-order chi connectivity index (χ1) is 11.4. The lowest BCUT2D eigenvalue weighted by Gasteiger charge is -2.08. The number of carbonyl (C=O) groups excluding carboxylic acids is 1. The van der Waals surface area contributed by atoms with E-state index in [1.54, 1.807) is 30.3 Å². The molecule has 0 aliphatic heterocycles. The van der Waals surface area contributed by atoms with Crippen LogP contribution in [0.25, 0.3) is 0 Å². The molecule has 0 aliphatic carbocycles. The van der Waals surface area contributed by atoms with E-state index >= 15 is 0 Å². The molecule has 0 heterocycles. The molecule has 2 aromatic rings. The molecule has 0 radical (unpaired) electrons. The Hall–Kier alpha value is -1.60. The molecule has 5 nitrogen and oxygen atoms in total. The Morgan fingerprint density at radius 3 is 2.42 bits per heavy atom. The van der Waals surface area contributed by atoms with E-state index in [4.69, 9.17) is 27.9 Å². The van der Waals surface area contributed by atoms with Crippen molar-refractivity contribution in [1.82, 2.24) is 4.72 Å². The molecule has 0 bridgehead atoms. The van der Waals surface area contributed by atoms with Gasteiger partial charge in [0.1, 0.15) is 6.61 Å². The summed E-state index contributed by atoms with van der Waals surface area (Å²) >= 11 is 11.5. The van der Waals surface area contributed by atoms with Crippen LogP contribution in [0.1, 0.15) is 12.0 Å². The third-order valence-corrected chi connectivity index (χ3v) is 4.99. The molecule has 0 amide bonds. The minimum Gasteiger partial charge on any atom is -0.461 e. The van der Waals surface area contributed by atoms with E-state index in [9.17, 15) is 13.2 Å². The van der Waals surface area contributed by atoms with Crippen LogP contribution in [-0.2, 0) is 26.2 Å². The standard InChI is InChI=1S/C16H15Cl2NO4S/c17-13-6-4-12(5-7-13)11-23-16(20)8-9-19-24(21,22)15-3-1-2-14(18)10-15/h1-7,10,19H,8-9,11H2. The molecular weight excluding hydrogens is 373 g/mol. The van der Waals surface area contributed by atoms with Crippen molar-refractivity contribution in [2.75, 3.05) is 6.54 Å². The van der Waals surface area contributed by atoms with E-state index in [-0.39, 0.29) is 24.5 Å². The van der Waals surface area contributed by atoms with E-state index < -0.39 is 16.0 Å². The van der Waals surface area contributed by atoms with Gasteiger partial charge in [0.2, 0.25) is 10.0 Å². The maximum Gasteiger partial charge on any atom is 0.307 e. The van der Waals surface area contributed by atoms with Crippen LogP contribution in [0, 0.1) is 0 Å². The minimum absolute atomic E-state index is 0.0459. The topological polar surface area (TPSA) is 72.5 Å². The fraction of sp³-hybridized carbons (Fsp3) is 0.188. The molecule has 0 spiro atoms. The normalized spacial score (nSPS) is 11.2. The van der Waals surface area contributed by atoms with Crippen LogP contribution in [0.3, 0.4) is 0 Å². The molecule has 2 rings (SSSR count). The zero-order valence-electron chi connectivity index (χ0n) is 12.5. The van der Waals surface area contributed by atoms with Crippen molar-refractivity contribution in [2.45, 2.75) is 17.9 Å². The number of hydrogen-bond acceptors (Lipinski definition) is 4. The Labute approximate surface area is 150 Å². The highest BCUT2D eigenvalue weighted by Gasteiger charge is 2.14. The molecule has 0 aromatic heterocycles. The second-order valence-corrected chi connectivity index (χ2v) is 7.53. The summed E-state index contributed by atoms with van der Waals surface area (Å²) in [6, 6.07) is 12.8. The van der Waals surface area contributed by atoms with E-state index in [0.29, 0.717) is 10.0 Å². The lowest BCUT2D eigenvalue weighted by atomic mass is 10.2. The average molecular weight is 388 g/mol. The van der Waals surface area contributed by atoms with Gasteiger partial charge in [-0.25, -0.2) is 13.1 Å². The summed E-state index contributed by atoms with van der Waals surface area (Å²) in [6.07, 6.45) is -0.0760. The summed E-state index contributed by atoms with van der Waals surface area (Å²) in [5, 5.41) is 0.917. The van der Waals surface area contributed by atoms with Crippen molar-refractivity contribution in [1.29, 1.82) is 0 Å². The van der Waals surface area contributed by atoms with Gasteiger partial charge in [0.15, 0.2) is 0 Å². The second kappa shape index (κ2) is 8.48. The van der Waals surface area contributed by atoms with Crippen molar-refractivity contribution in [3.63, 3.8) is 0 Å². The second-order valence-electron chi connectivity index (χ2n) is 4.89. The van der Waals surface area contributed by atoms with E-state index in [0.717, 1.165) is 5.56 Å². The molecule has 8 heteroatoms. The highest BCUT2D eigenvalue weighted by molar-refractivity contribution is 7.89. The monoisotopic (exact) mass is 387 g/mol. The summed E-state index contributed by atoms with van der Waals surface area (Å²) in [5.74, 6) is -0.501. The Morgan fingerprint density at radius 2 is 1.75 bits per heavy atom. The summed E-state index contributed by atoms with van der Waals surface area (Å²) < 4.78 is 31.5. The predicted molar refractivity (Wildman–Crippen MR) is 92.5 cm³/mol. The third kappa shape index (κ3) is 5.79. The van der Waals surface area contributed by atoms with Crippen LogP contribution in [-0.4, -0.2) is 20.9 Å². The lowest BCUT2D eigenvalue weighted by Crippen LogP contribution is -2.26. The van der Waals surface area contributed by atoms with Crippen molar-refractivity contribution in [3.05, 3.63) is 64.1 Å². The maximum absolute atomic E-state index is 12.0. The average Bonchev–Trinajstić information content (AvgIpc) is 2.54. The fourth-order valence-corrected chi connectivity index (χ4v) is 3.28. The van der Waals surface area contributed by atoms with Crippen molar-refractivity contribution >= 4 is 39.2 Å². The van der Waals surface area contributed by atoms with Crippen LogP contribution < -0.4 is 4.72 Å². The molecule has 24 heavy (non-hydrogen) atoms. The van der Waals surface area contributed by atoms with Crippen molar-refractivity contribution in [2.24, 2.45) is 0 Å². The number of nitrogens with one attached hydrogen (secondary N) is 1. The van der Waals surface area contributed by atoms with Crippen molar-refractivity contribution < 1.29 is 17.9 Å². The SMILES string of the molecule is O=C(CCNS(=O)(=O)c1cccc(Cl)c1)OCc1ccc(Cl)cc1. The first-order valence-electron chi connectivity index (χ1n) is 7.02. The Bertz CT molecular complexity index is 807. The van der Waals surface area contributed by atoms with Gasteiger partial charge >= 0.3 is 5.97 Å². The highest BCUT2D eigenvalue weighted by atomic mass is 35.5. The highest BCUT2D eigenvalue weighted by Crippen LogP contribution is 2.15. The Morgan fingerprint density at radius 1 is 1.04 bits per heavy atom. The lowest BCUT2D eigenvalue weighted by molar-refractivity contribution is -0.144. The van der Waals surface area contributed by atoms with Gasteiger partial charge < -0.3 is 4.74 Å². The number of carbonyl (C=O) groups is 1. The van der Waals surface area contributed by atoms with Crippen LogP contribution in [0.2, 0.25) is 10.0 Å². The van der Waals surface area contributed by atoms with E-state index in [1.165, 1.54) is 18.2 Å². The molecule has 128 valence electrons. The summed E-state index contributed by atoms with van der Waals surface area (Å²) in [5.41, 5.74) is 0.798. The van der Waals surface area contributed by atoms with Crippen LogP contribution >= 0.6 is 23.2 Å². The molecule has 0 saturated heterocycles. The maximum atomic E-state index is 12.0. The van der Waals surface area contributed by atoms with Gasteiger partial charge in [0.25, 0.3) is 0 Å². The van der Waals surface area contributed by atoms with Gasteiger partial charge in [0.05, 0.1) is 11.3 Å².